The Morgan fingerprint density at radius 1 is 1.25 bits per heavy atom. The molecule has 0 spiro atoms. The van der Waals surface area contributed by atoms with Gasteiger partial charge in [0.1, 0.15) is 8.42 Å². The van der Waals surface area contributed by atoms with Gasteiger partial charge in [0.05, 0.1) is 0 Å². The Labute approximate surface area is 139 Å². The van der Waals surface area contributed by atoms with E-state index in [9.17, 15) is 32.2 Å². The minimum Gasteiger partial charge on any atom is -0.377 e. The van der Waals surface area contributed by atoms with E-state index in [0.29, 0.717) is 0 Å². The maximum atomic E-state index is 12.1. The fraction of sp³-hybridized carbons (Fsp3) is 0.556. The summed E-state index contributed by atoms with van der Waals surface area (Å²) in [6.45, 7) is 0. The quantitative estimate of drug-likeness (QED) is 0.223. The lowest BCUT2D eigenvalue weighted by Crippen LogP contribution is -2.64. The average Bonchev–Trinajstić information content (AvgIpc) is 2.80. The van der Waals surface area contributed by atoms with Crippen LogP contribution < -0.4 is 10.5 Å². The minimum atomic E-state index is -4.32. The lowest BCUT2D eigenvalue weighted by molar-refractivity contribution is -0.457. The molecule has 2 heterocycles. The molecule has 138 valence electrons. The van der Waals surface area contributed by atoms with Crippen LogP contribution in [0.25, 0.3) is 0 Å². The molecule has 12 nitrogen and oxygen atoms in total. The molecule has 24 heavy (non-hydrogen) atoms. The first-order valence-electron chi connectivity index (χ1n) is 6.05. The van der Waals surface area contributed by atoms with E-state index in [1.807, 2.05) is 0 Å². The van der Waals surface area contributed by atoms with Gasteiger partial charge in [-0.1, -0.05) is 0 Å². The number of sulfonamides is 1. The molecule has 9 N–H and O–H groups in total. The van der Waals surface area contributed by atoms with Crippen LogP contribution in [0.1, 0.15) is 18.0 Å². The fourth-order valence-electron chi connectivity index (χ4n) is 2.03. The van der Waals surface area contributed by atoms with Crippen LogP contribution in [0.5, 0.6) is 0 Å². The summed E-state index contributed by atoms with van der Waals surface area (Å²) in [4.78, 5) is 0. The first kappa shape index (κ1) is 19.6. The summed E-state index contributed by atoms with van der Waals surface area (Å²) in [5.41, 5.74) is -2.35. The van der Waals surface area contributed by atoms with Gasteiger partial charge in [0.15, 0.2) is 5.44 Å². The zero-order chi connectivity index (χ0) is 18.7. The highest BCUT2D eigenvalue weighted by molar-refractivity contribution is 7.95. The highest BCUT2D eigenvalue weighted by atomic mass is 32.3. The number of aliphatic hydroxyl groups excluding tert-OH is 1. The third kappa shape index (κ3) is 3.33. The molecule has 1 aromatic heterocycles. The van der Waals surface area contributed by atoms with Gasteiger partial charge in [0, 0.05) is 18.0 Å². The van der Waals surface area contributed by atoms with Gasteiger partial charge in [0.2, 0.25) is 19.9 Å². The molecule has 2 unspecified atom stereocenters. The van der Waals surface area contributed by atoms with Crippen molar-refractivity contribution in [2.45, 2.75) is 38.2 Å². The lowest BCUT2D eigenvalue weighted by Gasteiger charge is -2.36. The predicted molar refractivity (Wildman–Crippen MR) is 75.9 cm³/mol. The van der Waals surface area contributed by atoms with Gasteiger partial charge >= 0.3 is 11.9 Å². The maximum absolute atomic E-state index is 12.1. The molecule has 0 aliphatic carbocycles. The summed E-state index contributed by atoms with van der Waals surface area (Å²) in [5, 5.41) is 61.9. The van der Waals surface area contributed by atoms with Crippen LogP contribution in [0.3, 0.4) is 0 Å². The molecule has 0 bridgehead atoms. The van der Waals surface area contributed by atoms with Crippen molar-refractivity contribution in [3.05, 3.63) is 11.6 Å². The number of nitrogens with two attached hydrogens (primary N) is 1. The van der Waals surface area contributed by atoms with Crippen molar-refractivity contribution in [2.24, 2.45) is 5.14 Å². The number of hydrogen-bond donors (Lipinski definition) is 8. The Balaban J connectivity index is 2.57. The van der Waals surface area contributed by atoms with Crippen LogP contribution in [0.2, 0.25) is 0 Å². The first-order valence-corrected chi connectivity index (χ1v) is 9.96. The number of fused-ring (bicyclic) bond motifs is 1. The molecule has 0 aromatic carbocycles. The maximum Gasteiger partial charge on any atom is 0.348 e. The van der Waals surface area contributed by atoms with E-state index in [1.165, 1.54) is 0 Å². The minimum absolute atomic E-state index is 0.239. The molecule has 0 fully saturated rings. The summed E-state index contributed by atoms with van der Waals surface area (Å²) in [6.07, 6.45) is -0.699. The molecule has 1 aliphatic rings. The van der Waals surface area contributed by atoms with Gasteiger partial charge in [-0.2, -0.15) is 0 Å². The summed E-state index contributed by atoms with van der Waals surface area (Å²) >= 11 is 0.239. The summed E-state index contributed by atoms with van der Waals surface area (Å²) < 4.78 is 45.8. The average molecular weight is 406 g/mol. The molecule has 0 saturated carbocycles. The Bertz CT molecular complexity index is 851. The van der Waals surface area contributed by atoms with Crippen LogP contribution in [0, 0.1) is 0 Å². The molecular formula is C9H14N2O10S3. The lowest BCUT2D eigenvalue weighted by atomic mass is 10.1. The number of hydrogen-bond acceptors (Lipinski definition) is 12. The summed E-state index contributed by atoms with van der Waals surface area (Å²) in [5.74, 6) is -7.76. The standard InChI is InChI=1S/C9H14N2O10S3/c10-24(20,21)6-1-3-4(11-8(13,14)9(15,16)17)2-5(12)23(18,19)7(3)22-6/h1,4-5,11-17H,2H2,(H2,10,20,21). The predicted octanol–water partition coefficient (Wildman–Crippen LogP) is -4.21. The largest absolute Gasteiger partial charge is 0.377 e. The molecule has 2 atom stereocenters. The van der Waals surface area contributed by atoms with Gasteiger partial charge < -0.3 is 30.6 Å². The van der Waals surface area contributed by atoms with Crippen molar-refractivity contribution in [1.82, 2.24) is 5.32 Å². The number of sulfone groups is 1. The fourth-order valence-corrected chi connectivity index (χ4v) is 6.17. The third-order valence-corrected chi connectivity index (χ3v) is 8.23. The van der Waals surface area contributed by atoms with E-state index < -0.39 is 58.1 Å². The molecular weight excluding hydrogens is 392 g/mol. The number of thiophene rings is 1. The SMILES string of the molecule is NS(=O)(=O)c1cc2c(s1)S(=O)(=O)C(O)CC2NC(O)(O)C(O)(O)O. The molecule has 0 saturated heterocycles. The van der Waals surface area contributed by atoms with Crippen LogP contribution in [0.15, 0.2) is 14.5 Å². The monoisotopic (exact) mass is 406 g/mol. The van der Waals surface area contributed by atoms with Crippen LogP contribution >= 0.6 is 11.3 Å². The Morgan fingerprint density at radius 2 is 1.79 bits per heavy atom. The molecule has 15 heteroatoms. The van der Waals surface area contributed by atoms with E-state index in [-0.39, 0.29) is 16.9 Å². The van der Waals surface area contributed by atoms with Gasteiger partial charge in [-0.3, -0.25) is 5.32 Å². The molecule has 1 aromatic rings. The number of aliphatic hydroxyl groups is 6. The van der Waals surface area contributed by atoms with Crippen LogP contribution in [0.4, 0.5) is 0 Å². The van der Waals surface area contributed by atoms with E-state index in [1.54, 1.807) is 5.32 Å². The second-order valence-corrected chi connectivity index (χ2v) is 10.2. The second-order valence-electron chi connectivity index (χ2n) is 5.09. The van der Waals surface area contributed by atoms with Gasteiger partial charge in [0.25, 0.3) is 0 Å². The van der Waals surface area contributed by atoms with E-state index in [4.69, 9.17) is 20.5 Å². The number of primary sulfonamides is 1. The molecule has 0 amide bonds. The van der Waals surface area contributed by atoms with Crippen molar-refractivity contribution in [3.63, 3.8) is 0 Å². The Kier molecular flexibility index (Phi) is 4.61. The molecule has 2 rings (SSSR count). The number of rotatable bonds is 4. The van der Waals surface area contributed by atoms with Crippen molar-refractivity contribution in [3.8, 4) is 0 Å². The van der Waals surface area contributed by atoms with Gasteiger partial charge in [-0.05, 0) is 6.07 Å². The van der Waals surface area contributed by atoms with Gasteiger partial charge in [-0.25, -0.2) is 22.0 Å². The topological polar surface area (TPSA) is 228 Å². The van der Waals surface area contributed by atoms with Crippen LogP contribution in [-0.4, -0.2) is 64.8 Å². The molecule has 1 aliphatic heterocycles. The number of nitrogens with one attached hydrogen (secondary N) is 1. The smallest absolute Gasteiger partial charge is 0.348 e. The highest BCUT2D eigenvalue weighted by Crippen LogP contribution is 2.42. The summed E-state index contributed by atoms with van der Waals surface area (Å²) in [6, 6.07) is -0.633. The van der Waals surface area contributed by atoms with Crippen molar-refractivity contribution >= 4 is 31.2 Å². The van der Waals surface area contributed by atoms with Crippen LogP contribution in [-0.2, 0) is 19.9 Å². The van der Waals surface area contributed by atoms with E-state index >= 15 is 0 Å². The molecule has 0 radical (unpaired) electrons. The Morgan fingerprint density at radius 3 is 2.25 bits per heavy atom. The van der Waals surface area contributed by atoms with E-state index in [2.05, 4.69) is 0 Å². The van der Waals surface area contributed by atoms with Crippen molar-refractivity contribution in [2.75, 3.05) is 0 Å². The normalized spacial score (nSPS) is 24.6. The zero-order valence-corrected chi connectivity index (χ0v) is 14.0. The van der Waals surface area contributed by atoms with Gasteiger partial charge in [-0.15, -0.1) is 11.3 Å². The first-order chi connectivity index (χ1) is 10.6. The highest BCUT2D eigenvalue weighted by Gasteiger charge is 2.51. The van der Waals surface area contributed by atoms with Crippen molar-refractivity contribution < 1.29 is 47.5 Å². The third-order valence-electron chi connectivity index (χ3n) is 3.26. The second kappa shape index (κ2) is 5.64. The van der Waals surface area contributed by atoms with E-state index in [0.717, 1.165) is 6.07 Å². The Hall–Kier alpha value is -0.720. The van der Waals surface area contributed by atoms with Crippen molar-refractivity contribution in [1.29, 1.82) is 0 Å². The summed E-state index contributed by atoms with van der Waals surface area (Å²) in [7, 11) is -8.61. The zero-order valence-electron chi connectivity index (χ0n) is 11.6.